The van der Waals surface area contributed by atoms with Crippen LogP contribution >= 0.6 is 0 Å². The average Bonchev–Trinajstić information content (AvgIpc) is 1.82. The molecule has 0 atom stereocenters. The van der Waals surface area contributed by atoms with Crippen molar-refractivity contribution in [2.75, 3.05) is 0 Å². The number of carboxylic acid groups (broad SMARTS) is 1. The molecule has 3 nitrogen and oxygen atoms in total. The summed E-state index contributed by atoms with van der Waals surface area (Å²) >= 11 is 0. The minimum atomic E-state index is -1.41. The van der Waals surface area contributed by atoms with E-state index in [0.29, 0.717) is 0 Å². The van der Waals surface area contributed by atoms with Gasteiger partial charge >= 0.3 is 5.97 Å². The molecule has 0 aromatic rings. The maximum absolute atomic E-state index is 10.4. The van der Waals surface area contributed by atoms with Gasteiger partial charge in [-0.1, -0.05) is 19.9 Å². The van der Waals surface area contributed by atoms with Crippen molar-refractivity contribution < 1.29 is 14.7 Å². The molecule has 0 aliphatic heterocycles. The van der Waals surface area contributed by atoms with Gasteiger partial charge in [-0.15, -0.1) is 0 Å². The second-order valence-electron chi connectivity index (χ2n) is 2.27. The van der Waals surface area contributed by atoms with Gasteiger partial charge in [0.25, 0.3) is 5.78 Å². The highest BCUT2D eigenvalue weighted by Gasteiger charge is 2.04. The molecule has 0 heterocycles. The zero-order valence-electron chi connectivity index (χ0n) is 6.00. The van der Waals surface area contributed by atoms with Crippen molar-refractivity contribution in [3.8, 4) is 0 Å². The summed E-state index contributed by atoms with van der Waals surface area (Å²) in [6, 6.07) is 0. The lowest BCUT2D eigenvalue weighted by Gasteiger charge is -1.89. The summed E-state index contributed by atoms with van der Waals surface area (Å²) in [5, 5.41) is 8.09. The highest BCUT2D eigenvalue weighted by molar-refractivity contribution is 6.37. The molecular weight excluding hydrogens is 132 g/mol. The molecule has 0 spiro atoms. The van der Waals surface area contributed by atoms with Gasteiger partial charge in [0.05, 0.1) is 0 Å². The standard InChI is InChI=1S/C7H10O3/c1-5(2)3-4-6(8)7(9)10/h3-5H,1-2H3,(H,9,10). The van der Waals surface area contributed by atoms with E-state index in [-0.39, 0.29) is 5.92 Å². The van der Waals surface area contributed by atoms with E-state index in [9.17, 15) is 9.59 Å². The molecule has 0 fully saturated rings. The van der Waals surface area contributed by atoms with Crippen LogP contribution in [-0.2, 0) is 9.59 Å². The predicted molar refractivity (Wildman–Crippen MR) is 36.6 cm³/mol. The number of hydrogen-bond donors (Lipinski definition) is 1. The van der Waals surface area contributed by atoms with Crippen LogP contribution in [0.5, 0.6) is 0 Å². The van der Waals surface area contributed by atoms with Gasteiger partial charge in [0.15, 0.2) is 0 Å². The van der Waals surface area contributed by atoms with Crippen LogP contribution in [0.2, 0.25) is 0 Å². The maximum Gasteiger partial charge on any atom is 0.376 e. The summed E-state index contributed by atoms with van der Waals surface area (Å²) in [4.78, 5) is 20.3. The first-order valence-electron chi connectivity index (χ1n) is 2.99. The lowest BCUT2D eigenvalue weighted by Crippen LogP contribution is -2.08. The van der Waals surface area contributed by atoms with Gasteiger partial charge in [-0.2, -0.15) is 0 Å². The zero-order valence-corrected chi connectivity index (χ0v) is 6.00. The third-order valence-electron chi connectivity index (χ3n) is 0.843. The second-order valence-corrected chi connectivity index (χ2v) is 2.27. The average molecular weight is 142 g/mol. The lowest BCUT2D eigenvalue weighted by atomic mass is 10.2. The number of hydrogen-bond acceptors (Lipinski definition) is 2. The van der Waals surface area contributed by atoms with Crippen LogP contribution in [-0.4, -0.2) is 16.9 Å². The van der Waals surface area contributed by atoms with Gasteiger partial charge in [0.1, 0.15) is 0 Å². The first kappa shape index (κ1) is 8.88. The maximum atomic E-state index is 10.4. The number of aliphatic carboxylic acids is 1. The Labute approximate surface area is 59.4 Å². The zero-order chi connectivity index (χ0) is 8.15. The van der Waals surface area contributed by atoms with Gasteiger partial charge in [0.2, 0.25) is 0 Å². The highest BCUT2D eigenvalue weighted by atomic mass is 16.4. The third kappa shape index (κ3) is 3.83. The topological polar surface area (TPSA) is 54.4 Å². The van der Waals surface area contributed by atoms with Gasteiger partial charge in [-0.05, 0) is 12.0 Å². The van der Waals surface area contributed by atoms with Crippen molar-refractivity contribution >= 4 is 11.8 Å². The van der Waals surface area contributed by atoms with E-state index in [1.165, 1.54) is 0 Å². The summed E-state index contributed by atoms with van der Waals surface area (Å²) in [5.41, 5.74) is 0. The molecule has 0 aromatic carbocycles. The molecule has 3 heteroatoms. The van der Waals surface area contributed by atoms with Crippen LogP contribution in [0, 0.1) is 5.92 Å². The molecule has 0 amide bonds. The Bertz CT molecular complexity index is 168. The van der Waals surface area contributed by atoms with Crippen molar-refractivity contribution in [2.24, 2.45) is 5.92 Å². The molecule has 0 radical (unpaired) electrons. The Morgan fingerprint density at radius 3 is 2.20 bits per heavy atom. The Kier molecular flexibility index (Phi) is 3.39. The Morgan fingerprint density at radius 2 is 1.90 bits per heavy atom. The SMILES string of the molecule is CC(C)C=CC(=O)C(=O)O. The Hall–Kier alpha value is -1.12. The van der Waals surface area contributed by atoms with Crippen LogP contribution in [0.25, 0.3) is 0 Å². The van der Waals surface area contributed by atoms with E-state index in [4.69, 9.17) is 5.11 Å². The van der Waals surface area contributed by atoms with Gasteiger partial charge in [0, 0.05) is 0 Å². The molecule has 56 valence electrons. The summed E-state index contributed by atoms with van der Waals surface area (Å²) in [7, 11) is 0. The first-order chi connectivity index (χ1) is 4.54. The predicted octanol–water partition coefficient (Wildman–Crippen LogP) is 0.852. The number of ketones is 1. The van der Waals surface area contributed by atoms with Crippen LogP contribution < -0.4 is 0 Å². The minimum absolute atomic E-state index is 0.211. The molecule has 0 aliphatic carbocycles. The molecule has 0 aliphatic rings. The summed E-state index contributed by atoms with van der Waals surface area (Å²) in [6.45, 7) is 3.73. The van der Waals surface area contributed by atoms with Crippen molar-refractivity contribution in [1.29, 1.82) is 0 Å². The van der Waals surface area contributed by atoms with E-state index in [1.54, 1.807) is 6.08 Å². The monoisotopic (exact) mass is 142 g/mol. The Balaban J connectivity index is 3.91. The Morgan fingerprint density at radius 1 is 1.40 bits per heavy atom. The van der Waals surface area contributed by atoms with E-state index in [2.05, 4.69) is 0 Å². The van der Waals surface area contributed by atoms with E-state index in [1.807, 2.05) is 13.8 Å². The number of carbonyl (C=O) groups is 2. The molecule has 0 saturated carbocycles. The fraction of sp³-hybridized carbons (Fsp3) is 0.429. The molecule has 0 aromatic heterocycles. The van der Waals surface area contributed by atoms with E-state index >= 15 is 0 Å². The second kappa shape index (κ2) is 3.82. The molecular formula is C7H10O3. The van der Waals surface area contributed by atoms with Gasteiger partial charge in [-0.25, -0.2) is 4.79 Å². The largest absolute Gasteiger partial charge is 0.475 e. The normalized spacial score (nSPS) is 10.7. The summed E-state index contributed by atoms with van der Waals surface area (Å²) in [6.07, 6.45) is 2.63. The fourth-order valence-corrected chi connectivity index (χ4v) is 0.351. The van der Waals surface area contributed by atoms with Crippen LogP contribution in [0.4, 0.5) is 0 Å². The highest BCUT2D eigenvalue weighted by Crippen LogP contribution is 1.92. The molecule has 0 saturated heterocycles. The van der Waals surface area contributed by atoms with Crippen LogP contribution in [0.15, 0.2) is 12.2 Å². The molecule has 0 bridgehead atoms. The van der Waals surface area contributed by atoms with E-state index < -0.39 is 11.8 Å². The van der Waals surface area contributed by atoms with Crippen molar-refractivity contribution in [3.63, 3.8) is 0 Å². The summed E-state index contributed by atoms with van der Waals surface area (Å²) < 4.78 is 0. The first-order valence-corrected chi connectivity index (χ1v) is 2.99. The molecule has 0 unspecified atom stereocenters. The van der Waals surface area contributed by atoms with Crippen molar-refractivity contribution in [1.82, 2.24) is 0 Å². The van der Waals surface area contributed by atoms with E-state index in [0.717, 1.165) is 6.08 Å². The molecule has 10 heavy (non-hydrogen) atoms. The fourth-order valence-electron chi connectivity index (χ4n) is 0.351. The van der Waals surface area contributed by atoms with Crippen molar-refractivity contribution in [3.05, 3.63) is 12.2 Å². The third-order valence-corrected chi connectivity index (χ3v) is 0.843. The lowest BCUT2D eigenvalue weighted by molar-refractivity contribution is -0.146. The van der Waals surface area contributed by atoms with Crippen LogP contribution in [0.1, 0.15) is 13.8 Å². The van der Waals surface area contributed by atoms with Gasteiger partial charge < -0.3 is 5.11 Å². The quantitative estimate of drug-likeness (QED) is 0.469. The number of allylic oxidation sites excluding steroid dienone is 1. The molecule has 0 rings (SSSR count). The van der Waals surface area contributed by atoms with Gasteiger partial charge in [-0.3, -0.25) is 4.79 Å². The number of carbonyl (C=O) groups excluding carboxylic acids is 1. The number of rotatable bonds is 3. The van der Waals surface area contributed by atoms with Crippen molar-refractivity contribution in [2.45, 2.75) is 13.8 Å². The molecule has 1 N–H and O–H groups in total. The van der Waals surface area contributed by atoms with Crippen LogP contribution in [0.3, 0.4) is 0 Å². The number of carboxylic acids is 1. The minimum Gasteiger partial charge on any atom is -0.475 e. The smallest absolute Gasteiger partial charge is 0.376 e. The summed E-state index contributed by atoms with van der Waals surface area (Å²) in [5.74, 6) is -2.06.